The van der Waals surface area contributed by atoms with Crippen molar-refractivity contribution in [3.05, 3.63) is 91.5 Å². The van der Waals surface area contributed by atoms with E-state index in [0.29, 0.717) is 0 Å². The van der Waals surface area contributed by atoms with Gasteiger partial charge in [0.1, 0.15) is 0 Å². The molecule has 25 heavy (non-hydrogen) atoms. The SMILES string of the molecule is CC(N=CN(C)C)[C]1[CH][CH][CH][C]1P(c1ccccc1)c1ccccc1. The lowest BCUT2D eigenvalue weighted by Gasteiger charge is -2.31. The van der Waals surface area contributed by atoms with Crippen molar-refractivity contribution in [1.82, 2.24) is 4.90 Å². The molecule has 1 atom stereocenters. The summed E-state index contributed by atoms with van der Waals surface area (Å²) < 4.78 is 0. The first-order valence-electron chi connectivity index (χ1n) is 8.52. The highest BCUT2D eigenvalue weighted by molar-refractivity contribution is 7.76. The molecule has 2 nitrogen and oxygen atoms in total. The van der Waals surface area contributed by atoms with Crippen molar-refractivity contribution in [1.29, 1.82) is 0 Å². The Bertz CT molecular complexity index is 629. The Balaban J connectivity index is 1.92. The van der Waals surface area contributed by atoms with E-state index < -0.39 is 7.92 Å². The quantitative estimate of drug-likeness (QED) is 0.440. The van der Waals surface area contributed by atoms with E-state index in [0.717, 1.165) is 0 Å². The van der Waals surface area contributed by atoms with E-state index in [-0.39, 0.29) is 6.04 Å². The number of benzene rings is 2. The van der Waals surface area contributed by atoms with Gasteiger partial charge in [0.05, 0.1) is 12.4 Å². The molecule has 0 bridgehead atoms. The lowest BCUT2D eigenvalue weighted by molar-refractivity contribution is 0.630. The van der Waals surface area contributed by atoms with Crippen LogP contribution < -0.4 is 10.6 Å². The van der Waals surface area contributed by atoms with Gasteiger partial charge in [0.2, 0.25) is 0 Å². The van der Waals surface area contributed by atoms with Crippen LogP contribution in [0.25, 0.3) is 0 Å². The van der Waals surface area contributed by atoms with E-state index in [1.807, 2.05) is 25.3 Å². The molecule has 2 aromatic rings. The fraction of sp³-hybridized carbons (Fsp3) is 0.182. The summed E-state index contributed by atoms with van der Waals surface area (Å²) in [5, 5.41) is 2.75. The number of rotatable bonds is 6. The predicted octanol–water partition coefficient (Wildman–Crippen LogP) is 3.83. The first kappa shape index (κ1) is 18.1. The van der Waals surface area contributed by atoms with Crippen molar-refractivity contribution in [2.75, 3.05) is 14.1 Å². The third kappa shape index (κ3) is 4.50. The average molecular weight is 347 g/mol. The number of aliphatic imine (C=N–C) groups is 1. The second-order valence-electron chi connectivity index (χ2n) is 6.28. The van der Waals surface area contributed by atoms with Crippen LogP contribution in [0.2, 0.25) is 0 Å². The highest BCUT2D eigenvalue weighted by Gasteiger charge is 2.39. The van der Waals surface area contributed by atoms with E-state index in [4.69, 9.17) is 4.99 Å². The molecule has 0 spiro atoms. The monoisotopic (exact) mass is 347 g/mol. The minimum Gasteiger partial charge on any atom is -0.369 e. The Morgan fingerprint density at radius 1 is 0.880 bits per heavy atom. The van der Waals surface area contributed by atoms with Gasteiger partial charge in [0.25, 0.3) is 0 Å². The summed E-state index contributed by atoms with van der Waals surface area (Å²) >= 11 is 0. The first-order chi connectivity index (χ1) is 12.2. The third-order valence-electron chi connectivity index (χ3n) is 4.07. The topological polar surface area (TPSA) is 15.6 Å². The molecule has 1 fully saturated rings. The van der Waals surface area contributed by atoms with Crippen molar-refractivity contribution in [3.8, 4) is 0 Å². The van der Waals surface area contributed by atoms with Gasteiger partial charge < -0.3 is 4.90 Å². The van der Waals surface area contributed by atoms with Crippen molar-refractivity contribution in [2.45, 2.75) is 13.0 Å². The minimum atomic E-state index is -0.576. The maximum atomic E-state index is 4.71. The maximum Gasteiger partial charge on any atom is 0.0848 e. The summed E-state index contributed by atoms with van der Waals surface area (Å²) in [6.07, 6.45) is 8.54. The molecule has 0 saturated heterocycles. The molecule has 2 aromatic carbocycles. The zero-order chi connectivity index (χ0) is 17.6. The maximum absolute atomic E-state index is 4.71. The van der Waals surface area contributed by atoms with Crippen LogP contribution in [0.15, 0.2) is 65.7 Å². The standard InChI is InChI=1S/C22H24N2P/c1-18(23-17-24(2)3)21-15-10-16-22(21)25(19-11-6-4-7-12-19)20-13-8-5-9-14-20/h4-18H,1-3H3. The molecular weight excluding hydrogens is 323 g/mol. The van der Waals surface area contributed by atoms with Crippen molar-refractivity contribution in [2.24, 2.45) is 4.99 Å². The van der Waals surface area contributed by atoms with Crippen LogP contribution in [0.3, 0.4) is 0 Å². The molecule has 1 unspecified atom stereocenters. The van der Waals surface area contributed by atoms with Gasteiger partial charge in [-0.1, -0.05) is 60.7 Å². The molecule has 1 aliphatic rings. The lowest BCUT2D eigenvalue weighted by atomic mass is 10.00. The van der Waals surface area contributed by atoms with Gasteiger partial charge >= 0.3 is 0 Å². The molecular formula is C22H24N2P. The fourth-order valence-corrected chi connectivity index (χ4v) is 5.43. The van der Waals surface area contributed by atoms with Gasteiger partial charge in [-0.05, 0) is 44.7 Å². The Morgan fingerprint density at radius 3 is 1.96 bits per heavy atom. The second-order valence-corrected chi connectivity index (χ2v) is 8.46. The van der Waals surface area contributed by atoms with Gasteiger partial charge in [-0.25, -0.2) is 0 Å². The number of hydrogen-bond acceptors (Lipinski definition) is 1. The average Bonchev–Trinajstić information content (AvgIpc) is 3.11. The minimum absolute atomic E-state index is 0.143. The van der Waals surface area contributed by atoms with Crippen LogP contribution in [0.1, 0.15) is 6.92 Å². The van der Waals surface area contributed by atoms with Crippen molar-refractivity contribution in [3.63, 3.8) is 0 Å². The van der Waals surface area contributed by atoms with Gasteiger partial charge in [0.15, 0.2) is 0 Å². The zero-order valence-electron chi connectivity index (χ0n) is 15.0. The Morgan fingerprint density at radius 2 is 1.44 bits per heavy atom. The Labute approximate surface area is 153 Å². The summed E-state index contributed by atoms with van der Waals surface area (Å²) in [7, 11) is 3.43. The molecule has 3 heteroatoms. The van der Waals surface area contributed by atoms with E-state index in [1.165, 1.54) is 22.2 Å². The van der Waals surface area contributed by atoms with E-state index in [1.54, 1.807) is 0 Å². The second kappa shape index (κ2) is 8.63. The van der Waals surface area contributed by atoms with Crippen LogP contribution in [-0.2, 0) is 0 Å². The highest BCUT2D eigenvalue weighted by Crippen LogP contribution is 2.57. The van der Waals surface area contributed by atoms with Gasteiger partial charge in [-0.3, -0.25) is 4.99 Å². The third-order valence-corrected chi connectivity index (χ3v) is 6.58. The zero-order valence-corrected chi connectivity index (χ0v) is 15.9. The Hall–Kier alpha value is -1.66. The highest BCUT2D eigenvalue weighted by atomic mass is 31.1. The largest absolute Gasteiger partial charge is 0.369 e. The van der Waals surface area contributed by atoms with Crippen LogP contribution in [-0.4, -0.2) is 31.4 Å². The molecule has 127 valence electrons. The van der Waals surface area contributed by atoms with E-state index in [9.17, 15) is 0 Å². The Kier molecular flexibility index (Phi) is 6.26. The normalized spacial score (nSPS) is 17.4. The molecule has 0 heterocycles. The van der Waals surface area contributed by atoms with Gasteiger partial charge in [-0.2, -0.15) is 0 Å². The summed E-state index contributed by atoms with van der Waals surface area (Å²) in [5.74, 6) is 1.32. The summed E-state index contributed by atoms with van der Waals surface area (Å²) in [5.41, 5.74) is 1.40. The molecule has 3 rings (SSSR count). The molecule has 1 aliphatic carbocycles. The molecule has 5 radical (unpaired) electrons. The van der Waals surface area contributed by atoms with E-state index >= 15 is 0 Å². The molecule has 0 aliphatic heterocycles. The summed E-state index contributed by atoms with van der Waals surface area (Å²) in [4.78, 5) is 6.69. The van der Waals surface area contributed by atoms with Crippen molar-refractivity contribution >= 4 is 24.9 Å². The number of nitrogens with zero attached hydrogens (tertiary/aromatic N) is 2. The molecule has 0 amide bonds. The van der Waals surface area contributed by atoms with Crippen LogP contribution in [0.4, 0.5) is 0 Å². The molecule has 1 saturated carbocycles. The molecule has 0 N–H and O–H groups in total. The van der Waals surface area contributed by atoms with Crippen LogP contribution in [0.5, 0.6) is 0 Å². The van der Waals surface area contributed by atoms with E-state index in [2.05, 4.69) is 86.8 Å². The summed E-state index contributed by atoms with van der Waals surface area (Å²) in [6, 6.07) is 21.8. The van der Waals surface area contributed by atoms with Gasteiger partial charge in [-0.15, -0.1) is 0 Å². The van der Waals surface area contributed by atoms with Crippen LogP contribution >= 0.6 is 7.92 Å². The van der Waals surface area contributed by atoms with Crippen molar-refractivity contribution < 1.29 is 0 Å². The lowest BCUT2D eigenvalue weighted by Crippen LogP contribution is -2.24. The van der Waals surface area contributed by atoms with Gasteiger partial charge in [0, 0.05) is 25.7 Å². The fourth-order valence-electron chi connectivity index (χ4n) is 2.88. The number of hydrogen-bond donors (Lipinski definition) is 0. The predicted molar refractivity (Wildman–Crippen MR) is 110 cm³/mol. The van der Waals surface area contributed by atoms with Crippen LogP contribution in [0, 0.1) is 30.8 Å². The first-order valence-corrected chi connectivity index (χ1v) is 9.86. The summed E-state index contributed by atoms with van der Waals surface area (Å²) in [6.45, 7) is 2.17. The molecule has 0 aromatic heterocycles. The smallest absolute Gasteiger partial charge is 0.0848 e.